The number of aliphatic imine (C=N–C) groups is 1. The summed E-state index contributed by atoms with van der Waals surface area (Å²) in [6.45, 7) is 0.620. The number of aromatic amines is 1. The van der Waals surface area contributed by atoms with Crippen LogP contribution in [0.2, 0.25) is 0 Å². The Balaban J connectivity index is 1.74. The minimum absolute atomic E-state index is 0.111. The highest BCUT2D eigenvalue weighted by atomic mass is 16.3. The molecule has 0 radical (unpaired) electrons. The summed E-state index contributed by atoms with van der Waals surface area (Å²) >= 11 is 0. The molecule has 0 aliphatic heterocycles. The predicted octanol–water partition coefficient (Wildman–Crippen LogP) is 2.58. The van der Waals surface area contributed by atoms with Crippen LogP contribution in [0, 0.1) is 0 Å². The molecule has 118 valence electrons. The smallest absolute Gasteiger partial charge is 0.153 e. The van der Waals surface area contributed by atoms with E-state index >= 15 is 0 Å². The molecule has 0 atom stereocenters. The van der Waals surface area contributed by atoms with Crippen molar-refractivity contribution in [2.75, 3.05) is 13.2 Å². The van der Waals surface area contributed by atoms with Crippen LogP contribution in [0.3, 0.4) is 0 Å². The third-order valence-electron chi connectivity index (χ3n) is 3.31. The van der Waals surface area contributed by atoms with Crippen LogP contribution in [-0.4, -0.2) is 34.1 Å². The number of nitrogens with one attached hydrogen (secondary N) is 1. The first-order valence-corrected chi connectivity index (χ1v) is 7.39. The van der Waals surface area contributed by atoms with Gasteiger partial charge in [0.2, 0.25) is 0 Å². The van der Waals surface area contributed by atoms with E-state index in [1.807, 2.05) is 30.3 Å². The third-order valence-corrected chi connectivity index (χ3v) is 3.31. The lowest BCUT2D eigenvalue weighted by Gasteiger charge is -1.93. The lowest BCUT2D eigenvalue weighted by Crippen LogP contribution is -2.08. The van der Waals surface area contributed by atoms with E-state index in [1.54, 1.807) is 18.3 Å². The molecular weight excluding hydrogens is 292 g/mol. The van der Waals surface area contributed by atoms with Crippen molar-refractivity contribution in [1.82, 2.24) is 9.97 Å². The number of hydrogen-bond donors (Lipinski definition) is 3. The molecule has 1 aromatic carbocycles. The molecule has 3 rings (SSSR count). The number of amidine groups is 1. The van der Waals surface area contributed by atoms with Gasteiger partial charge in [-0.1, -0.05) is 18.2 Å². The van der Waals surface area contributed by atoms with Gasteiger partial charge in [0.15, 0.2) is 5.76 Å². The van der Waals surface area contributed by atoms with Crippen LogP contribution in [0.5, 0.6) is 0 Å². The summed E-state index contributed by atoms with van der Waals surface area (Å²) in [5.41, 5.74) is 7.40. The van der Waals surface area contributed by atoms with Gasteiger partial charge in [0.25, 0.3) is 0 Å². The highest BCUT2D eigenvalue weighted by molar-refractivity contribution is 5.94. The Kier molecular flexibility index (Phi) is 4.54. The van der Waals surface area contributed by atoms with E-state index in [0.29, 0.717) is 24.6 Å². The lowest BCUT2D eigenvalue weighted by atomic mass is 10.2. The second-order valence-electron chi connectivity index (χ2n) is 5.05. The number of hydrogen-bond acceptors (Lipinski definition) is 4. The Labute approximate surface area is 133 Å². The maximum atomic E-state index is 8.70. The minimum Gasteiger partial charge on any atom is -0.454 e. The van der Waals surface area contributed by atoms with E-state index in [4.69, 9.17) is 15.3 Å². The van der Waals surface area contributed by atoms with Crippen molar-refractivity contribution in [1.29, 1.82) is 0 Å². The molecule has 2 aromatic heterocycles. The van der Waals surface area contributed by atoms with Gasteiger partial charge < -0.3 is 20.2 Å². The van der Waals surface area contributed by atoms with Gasteiger partial charge in [-0.2, -0.15) is 0 Å². The number of furan rings is 1. The van der Waals surface area contributed by atoms with Crippen molar-refractivity contribution in [3.8, 4) is 11.5 Å². The van der Waals surface area contributed by atoms with E-state index < -0.39 is 0 Å². The summed E-state index contributed by atoms with van der Waals surface area (Å²) in [5.74, 6) is 1.81. The predicted molar refractivity (Wildman–Crippen MR) is 91.0 cm³/mol. The summed E-state index contributed by atoms with van der Waals surface area (Å²) in [5, 5.41) is 9.75. The van der Waals surface area contributed by atoms with Gasteiger partial charge in [-0.15, -0.1) is 0 Å². The number of aromatic nitrogens is 2. The number of H-pyrrole nitrogens is 1. The van der Waals surface area contributed by atoms with Crippen molar-refractivity contribution in [3.05, 3.63) is 48.4 Å². The number of rotatable bonds is 6. The molecule has 6 nitrogen and oxygen atoms in total. The zero-order valence-corrected chi connectivity index (χ0v) is 12.6. The number of para-hydroxylation sites is 1. The molecule has 0 saturated carbocycles. The van der Waals surface area contributed by atoms with Crippen molar-refractivity contribution >= 4 is 22.9 Å². The molecule has 3 aromatic rings. The molecule has 0 bridgehead atoms. The Hall–Kier alpha value is -2.86. The standard InChI is InChI=1S/C17H18N4O2/c18-16(19-8-3-9-22)6-7-17-20-11-13(21-17)15-10-12-4-1-2-5-14(12)23-15/h1-2,4-7,10-11,22H,3,8-9H2,(H2,18,19)(H,20,21)/b7-6-. The Bertz CT molecular complexity index is 812. The molecule has 6 heteroatoms. The van der Waals surface area contributed by atoms with E-state index in [-0.39, 0.29) is 6.61 Å². The largest absolute Gasteiger partial charge is 0.454 e. The average molecular weight is 310 g/mol. The first-order valence-electron chi connectivity index (χ1n) is 7.39. The molecule has 0 amide bonds. The molecule has 23 heavy (non-hydrogen) atoms. The van der Waals surface area contributed by atoms with Crippen LogP contribution in [0.15, 0.2) is 52.0 Å². The molecule has 0 aliphatic rings. The molecule has 0 fully saturated rings. The summed E-state index contributed by atoms with van der Waals surface area (Å²) < 4.78 is 5.79. The highest BCUT2D eigenvalue weighted by Gasteiger charge is 2.07. The van der Waals surface area contributed by atoms with Crippen LogP contribution in [0.4, 0.5) is 0 Å². The Morgan fingerprint density at radius 2 is 2.26 bits per heavy atom. The summed E-state index contributed by atoms with van der Waals surface area (Å²) in [6, 6.07) is 9.82. The molecule has 0 unspecified atom stereocenters. The average Bonchev–Trinajstić information content (AvgIpc) is 3.19. The van der Waals surface area contributed by atoms with Crippen molar-refractivity contribution in [2.45, 2.75) is 6.42 Å². The van der Waals surface area contributed by atoms with Crippen LogP contribution >= 0.6 is 0 Å². The molecule has 0 aliphatic carbocycles. The SMILES string of the molecule is NC(/C=C\c1ncc(-c2cc3ccccc3o2)[nH]1)=NCCCO. The van der Waals surface area contributed by atoms with Gasteiger partial charge in [-0.05, 0) is 30.7 Å². The van der Waals surface area contributed by atoms with E-state index in [2.05, 4.69) is 15.0 Å². The molecular formula is C17H18N4O2. The number of nitrogens with two attached hydrogens (primary N) is 1. The van der Waals surface area contributed by atoms with Gasteiger partial charge in [-0.3, -0.25) is 4.99 Å². The Morgan fingerprint density at radius 1 is 1.39 bits per heavy atom. The fourth-order valence-corrected chi connectivity index (χ4v) is 2.16. The monoisotopic (exact) mass is 310 g/mol. The quantitative estimate of drug-likeness (QED) is 0.370. The highest BCUT2D eigenvalue weighted by Crippen LogP contribution is 2.26. The Morgan fingerprint density at radius 3 is 3.09 bits per heavy atom. The van der Waals surface area contributed by atoms with Crippen LogP contribution in [0.25, 0.3) is 28.5 Å². The van der Waals surface area contributed by atoms with Gasteiger partial charge in [0.05, 0.1) is 6.20 Å². The van der Waals surface area contributed by atoms with Crippen LogP contribution in [-0.2, 0) is 0 Å². The second-order valence-corrected chi connectivity index (χ2v) is 5.05. The van der Waals surface area contributed by atoms with Crippen LogP contribution < -0.4 is 5.73 Å². The van der Waals surface area contributed by atoms with E-state index in [1.165, 1.54) is 0 Å². The normalized spacial score (nSPS) is 12.5. The number of nitrogens with zero attached hydrogens (tertiary/aromatic N) is 2. The maximum Gasteiger partial charge on any atom is 0.153 e. The fourth-order valence-electron chi connectivity index (χ4n) is 2.16. The van der Waals surface area contributed by atoms with Gasteiger partial charge in [-0.25, -0.2) is 4.98 Å². The minimum atomic E-state index is 0.111. The fraction of sp³-hybridized carbons (Fsp3) is 0.176. The molecule has 4 N–H and O–H groups in total. The summed E-state index contributed by atoms with van der Waals surface area (Å²) in [4.78, 5) is 11.6. The summed E-state index contributed by atoms with van der Waals surface area (Å²) in [6.07, 6.45) is 5.75. The van der Waals surface area contributed by atoms with Gasteiger partial charge >= 0.3 is 0 Å². The zero-order valence-electron chi connectivity index (χ0n) is 12.6. The van der Waals surface area contributed by atoms with Crippen LogP contribution in [0.1, 0.15) is 12.2 Å². The number of aliphatic hydroxyl groups is 1. The number of aliphatic hydroxyl groups excluding tert-OH is 1. The number of imidazole rings is 1. The number of fused-ring (bicyclic) bond motifs is 1. The lowest BCUT2D eigenvalue weighted by molar-refractivity contribution is 0.291. The third kappa shape index (κ3) is 3.67. The number of benzene rings is 1. The van der Waals surface area contributed by atoms with Crippen molar-refractivity contribution < 1.29 is 9.52 Å². The van der Waals surface area contributed by atoms with Gasteiger partial charge in [0, 0.05) is 18.5 Å². The molecule has 0 spiro atoms. The van der Waals surface area contributed by atoms with Crippen molar-refractivity contribution in [2.24, 2.45) is 10.7 Å². The first-order chi connectivity index (χ1) is 11.3. The topological polar surface area (TPSA) is 100 Å². The molecule has 0 saturated heterocycles. The molecule has 2 heterocycles. The zero-order chi connectivity index (χ0) is 16.1. The summed E-state index contributed by atoms with van der Waals surface area (Å²) in [7, 11) is 0. The van der Waals surface area contributed by atoms with Crippen molar-refractivity contribution in [3.63, 3.8) is 0 Å². The van der Waals surface area contributed by atoms with Gasteiger partial charge in [0.1, 0.15) is 22.9 Å². The second kappa shape index (κ2) is 6.93. The van der Waals surface area contributed by atoms with E-state index in [9.17, 15) is 0 Å². The first kappa shape index (κ1) is 15.1. The van der Waals surface area contributed by atoms with E-state index in [0.717, 1.165) is 22.4 Å². The maximum absolute atomic E-state index is 8.70.